The Morgan fingerprint density at radius 3 is 2.33 bits per heavy atom. The number of nitrogens with zero attached hydrogens (tertiary/aromatic N) is 2. The number of aromatic amines is 1. The van der Waals surface area contributed by atoms with Gasteiger partial charge >= 0.3 is 12.0 Å². The highest BCUT2D eigenvalue weighted by Crippen LogP contribution is 2.76. The van der Waals surface area contributed by atoms with Crippen molar-refractivity contribution in [3.63, 3.8) is 0 Å². The van der Waals surface area contributed by atoms with Crippen LogP contribution in [-0.4, -0.2) is 44.1 Å². The number of H-pyrrole nitrogens is 1. The number of carbonyl (C=O) groups is 2. The van der Waals surface area contributed by atoms with Gasteiger partial charge in [0, 0.05) is 12.1 Å². The molecular weight excluding hydrogens is 705 g/mol. The van der Waals surface area contributed by atoms with Gasteiger partial charge in [0.15, 0.2) is 0 Å². The van der Waals surface area contributed by atoms with Crippen LogP contribution in [0.25, 0.3) is 16.8 Å². The number of urea groups is 1. The van der Waals surface area contributed by atoms with Crippen LogP contribution in [0.4, 0.5) is 4.79 Å². The molecule has 57 heavy (non-hydrogen) atoms. The molecule has 2 heterocycles. The van der Waals surface area contributed by atoms with Crippen LogP contribution in [0, 0.1) is 51.2 Å². The van der Waals surface area contributed by atoms with Crippen LogP contribution in [-0.2, 0) is 0 Å². The molecule has 0 unspecified atom stereocenters. The Bertz CT molecular complexity index is 2100. The Kier molecular flexibility index (Phi) is 9.06. The van der Waals surface area contributed by atoms with Crippen LogP contribution in [0.2, 0.25) is 0 Å². The third kappa shape index (κ3) is 5.67. The normalized spacial score (nSPS) is 37.9. The van der Waals surface area contributed by atoms with E-state index in [9.17, 15) is 14.7 Å². The molecule has 1 aromatic heterocycles. The molecule has 10 atom stereocenters. The number of hydrogen-bond acceptors (Lipinski definition) is 3. The Morgan fingerprint density at radius 1 is 0.860 bits per heavy atom. The van der Waals surface area contributed by atoms with E-state index in [2.05, 4.69) is 81.5 Å². The SMILES string of the molecule is C=C(C)[C@@H]1CC[C@]2(NC(=O)N3CCC[C@H]3c3ncc(-c4ccccc4)[nH]3)CC[C@]3(C)[C@H](CC[C@@H]4[C@@]5(C)CC=C(c6ccc(C(=O)O)cc6)C(C)(C)[C@@H]5CC[C@]43C)[C@@H]12. The lowest BCUT2D eigenvalue weighted by molar-refractivity contribution is -0.218. The average molecular weight is 769 g/mol. The smallest absolute Gasteiger partial charge is 0.335 e. The number of imidazole rings is 1. The molecular formula is C50H64N4O3. The summed E-state index contributed by atoms with van der Waals surface area (Å²) in [5, 5.41) is 13.4. The number of carbonyl (C=O) groups excluding carboxylic acids is 1. The van der Waals surface area contributed by atoms with Gasteiger partial charge in [-0.15, -0.1) is 0 Å². The van der Waals surface area contributed by atoms with Crippen molar-refractivity contribution in [3.05, 3.63) is 96.0 Å². The maximum absolute atomic E-state index is 14.7. The molecule has 0 spiro atoms. The van der Waals surface area contributed by atoms with Crippen molar-refractivity contribution in [1.29, 1.82) is 0 Å². The summed E-state index contributed by atoms with van der Waals surface area (Å²) in [5.74, 6) is 2.50. The molecule has 4 saturated carbocycles. The second-order valence-electron chi connectivity index (χ2n) is 20.6. The van der Waals surface area contributed by atoms with Crippen LogP contribution in [0.15, 0.2) is 79.0 Å². The number of likely N-dealkylation sites (tertiary alicyclic amines) is 1. The molecule has 2 aromatic carbocycles. The minimum absolute atomic E-state index is 0.0223. The molecule has 9 rings (SSSR count). The quantitative estimate of drug-likeness (QED) is 0.218. The first kappa shape index (κ1) is 38.4. The van der Waals surface area contributed by atoms with E-state index in [4.69, 9.17) is 4.98 Å². The molecule has 302 valence electrons. The Balaban J connectivity index is 0.988. The number of fused-ring (bicyclic) bond motifs is 7. The number of carboxylic acid groups (broad SMARTS) is 1. The monoisotopic (exact) mass is 768 g/mol. The summed E-state index contributed by atoms with van der Waals surface area (Å²) in [6.45, 7) is 20.5. The standard InChI is InChI=1S/C50H64N4O3/c1-31(2)35-21-26-50(53-45(57)54-29-11-14-39(54)43-51-30-38(52-43)33-12-9-8-10-13-33)28-27-48(6)37(42(35)50)19-20-41-47(5)24-22-36(32-15-17-34(18-16-32)44(55)56)46(3,4)40(47)23-25-49(41,48)7/h8-10,12-13,15-18,22,30,35,37,39-42H,1,11,14,19-21,23-29H2,2-7H3,(H,51,52)(H,53,57)(H,55,56)/t35-,37+,39-,40-,41+,42+,47-,48+,49+,50-/m0/s1. The van der Waals surface area contributed by atoms with E-state index in [0.717, 1.165) is 74.1 Å². The first-order chi connectivity index (χ1) is 27.1. The van der Waals surface area contributed by atoms with Crippen LogP contribution >= 0.6 is 0 Å². The summed E-state index contributed by atoms with van der Waals surface area (Å²) in [5.41, 5.74) is 6.57. The van der Waals surface area contributed by atoms with Crippen molar-refractivity contribution < 1.29 is 14.7 Å². The highest BCUT2D eigenvalue weighted by Gasteiger charge is 2.70. The summed E-state index contributed by atoms with van der Waals surface area (Å²) < 4.78 is 0. The molecule has 7 nitrogen and oxygen atoms in total. The predicted octanol–water partition coefficient (Wildman–Crippen LogP) is 11.7. The Labute approximate surface area is 340 Å². The lowest BCUT2D eigenvalue weighted by atomic mass is 9.33. The van der Waals surface area contributed by atoms with Crippen LogP contribution in [0.3, 0.4) is 0 Å². The first-order valence-corrected chi connectivity index (χ1v) is 22.0. The molecule has 1 aliphatic heterocycles. The van der Waals surface area contributed by atoms with E-state index in [0.29, 0.717) is 35.2 Å². The van der Waals surface area contributed by atoms with E-state index >= 15 is 0 Å². The van der Waals surface area contributed by atoms with Gasteiger partial charge in [-0.1, -0.05) is 95.3 Å². The molecule has 3 N–H and O–H groups in total. The van der Waals surface area contributed by atoms with Gasteiger partial charge in [-0.3, -0.25) is 0 Å². The first-order valence-electron chi connectivity index (χ1n) is 22.0. The fourth-order valence-corrected chi connectivity index (χ4v) is 15.1. The minimum Gasteiger partial charge on any atom is -0.478 e. The van der Waals surface area contributed by atoms with Gasteiger partial charge in [0.1, 0.15) is 5.82 Å². The molecule has 0 radical (unpaired) electrons. The van der Waals surface area contributed by atoms with E-state index in [1.54, 1.807) is 12.1 Å². The number of amides is 2. The molecule has 5 fully saturated rings. The third-order valence-electron chi connectivity index (χ3n) is 18.0. The van der Waals surface area contributed by atoms with Gasteiger partial charge in [-0.25, -0.2) is 14.6 Å². The van der Waals surface area contributed by atoms with E-state index < -0.39 is 5.97 Å². The van der Waals surface area contributed by atoms with E-state index in [1.165, 1.54) is 36.8 Å². The number of aromatic nitrogens is 2. The molecule has 7 heteroatoms. The number of aromatic carboxylic acids is 1. The summed E-state index contributed by atoms with van der Waals surface area (Å²) >= 11 is 0. The summed E-state index contributed by atoms with van der Waals surface area (Å²) in [7, 11) is 0. The summed E-state index contributed by atoms with van der Waals surface area (Å²) in [6, 6.07) is 17.9. The van der Waals surface area contributed by atoms with Gasteiger partial charge in [0.25, 0.3) is 0 Å². The summed E-state index contributed by atoms with van der Waals surface area (Å²) in [6.07, 6.45) is 16.6. The minimum atomic E-state index is -0.876. The fraction of sp³-hybridized carbons (Fsp3) is 0.580. The number of rotatable bonds is 6. The predicted molar refractivity (Wildman–Crippen MR) is 227 cm³/mol. The number of carboxylic acids is 1. The molecule has 0 bridgehead atoms. The zero-order chi connectivity index (χ0) is 40.1. The van der Waals surface area contributed by atoms with Gasteiger partial charge < -0.3 is 20.3 Å². The van der Waals surface area contributed by atoms with Gasteiger partial charge in [0.2, 0.25) is 0 Å². The number of allylic oxidation sites excluding steroid dienone is 3. The lowest BCUT2D eigenvalue weighted by Gasteiger charge is -2.72. The summed E-state index contributed by atoms with van der Waals surface area (Å²) in [4.78, 5) is 36.8. The second kappa shape index (κ2) is 13.5. The topological polar surface area (TPSA) is 98.3 Å². The van der Waals surface area contributed by atoms with Gasteiger partial charge in [0.05, 0.1) is 23.5 Å². The van der Waals surface area contributed by atoms with Crippen LogP contribution in [0.1, 0.15) is 140 Å². The second-order valence-corrected chi connectivity index (χ2v) is 20.6. The largest absolute Gasteiger partial charge is 0.478 e. The van der Waals surface area contributed by atoms with E-state index in [-0.39, 0.29) is 39.3 Å². The van der Waals surface area contributed by atoms with Crippen molar-refractivity contribution in [2.45, 2.75) is 124 Å². The molecule has 6 aliphatic rings. The maximum Gasteiger partial charge on any atom is 0.335 e. The van der Waals surface area contributed by atoms with Crippen molar-refractivity contribution in [2.24, 2.45) is 51.2 Å². The maximum atomic E-state index is 14.7. The molecule has 5 aliphatic carbocycles. The average Bonchev–Trinajstić information content (AvgIpc) is 3.95. The Morgan fingerprint density at radius 2 is 1.61 bits per heavy atom. The van der Waals surface area contributed by atoms with Crippen LogP contribution in [0.5, 0.6) is 0 Å². The van der Waals surface area contributed by atoms with Crippen molar-refractivity contribution in [2.75, 3.05) is 6.54 Å². The highest BCUT2D eigenvalue weighted by atomic mass is 16.4. The zero-order valence-corrected chi connectivity index (χ0v) is 35.2. The highest BCUT2D eigenvalue weighted by molar-refractivity contribution is 5.88. The number of nitrogens with one attached hydrogen (secondary N) is 2. The molecule has 1 saturated heterocycles. The molecule has 2 amide bonds. The van der Waals surface area contributed by atoms with Crippen LogP contribution < -0.4 is 5.32 Å². The zero-order valence-electron chi connectivity index (χ0n) is 35.2. The molecule has 3 aromatic rings. The lowest BCUT2D eigenvalue weighted by Crippen LogP contribution is -2.68. The van der Waals surface area contributed by atoms with E-state index in [1.807, 2.05) is 36.5 Å². The fourth-order valence-electron chi connectivity index (χ4n) is 15.1. The van der Waals surface area contributed by atoms with Crippen molar-refractivity contribution in [3.8, 4) is 11.3 Å². The number of hydrogen-bond donors (Lipinski definition) is 3. The third-order valence-corrected chi connectivity index (χ3v) is 18.0. The van der Waals surface area contributed by atoms with Crippen molar-refractivity contribution in [1.82, 2.24) is 20.2 Å². The van der Waals surface area contributed by atoms with Crippen molar-refractivity contribution >= 4 is 17.6 Å². The van der Waals surface area contributed by atoms with Gasteiger partial charge in [-0.2, -0.15) is 0 Å². The number of benzene rings is 2. The van der Waals surface area contributed by atoms with Gasteiger partial charge in [-0.05, 0) is 158 Å². The Hall–Kier alpha value is -4.13.